The molecule has 2 aromatic heterocycles. The summed E-state index contributed by atoms with van der Waals surface area (Å²) in [6, 6.07) is 6.40. The summed E-state index contributed by atoms with van der Waals surface area (Å²) >= 11 is 0. The lowest BCUT2D eigenvalue weighted by atomic mass is 10.2. The molecule has 0 unspecified atom stereocenters. The van der Waals surface area contributed by atoms with Crippen LogP contribution in [0.1, 0.15) is 10.5 Å². The first kappa shape index (κ1) is 13.4. The van der Waals surface area contributed by atoms with Crippen molar-refractivity contribution >= 4 is 16.8 Å². The molecule has 0 saturated carbocycles. The second kappa shape index (κ2) is 5.40. The zero-order chi connectivity index (χ0) is 14.8. The van der Waals surface area contributed by atoms with Crippen LogP contribution in [0.4, 0.5) is 4.39 Å². The number of hydrogen-bond donors (Lipinski definition) is 1. The summed E-state index contributed by atoms with van der Waals surface area (Å²) in [6.45, 7) is 1.13. The lowest BCUT2D eigenvalue weighted by Gasteiger charge is -2.07. The minimum Gasteiger partial charge on any atom is -0.349 e. The molecule has 21 heavy (non-hydrogen) atoms. The van der Waals surface area contributed by atoms with Gasteiger partial charge in [-0.05, 0) is 18.2 Å². The van der Waals surface area contributed by atoms with Gasteiger partial charge >= 0.3 is 0 Å². The van der Waals surface area contributed by atoms with Crippen molar-refractivity contribution in [3.8, 4) is 0 Å². The van der Waals surface area contributed by atoms with E-state index < -0.39 is 0 Å². The van der Waals surface area contributed by atoms with E-state index in [0.717, 1.165) is 0 Å². The molecule has 0 saturated heterocycles. The Kier molecular flexibility index (Phi) is 3.43. The number of amides is 1. The van der Waals surface area contributed by atoms with Crippen LogP contribution in [0.2, 0.25) is 0 Å². The molecule has 0 fully saturated rings. The van der Waals surface area contributed by atoms with Crippen molar-refractivity contribution in [2.45, 2.75) is 6.54 Å². The van der Waals surface area contributed by atoms with E-state index in [4.69, 9.17) is 0 Å². The molecule has 0 aliphatic heterocycles. The van der Waals surface area contributed by atoms with Gasteiger partial charge in [0.2, 0.25) is 0 Å². The number of carbonyl (C=O) groups excluding carboxylic acids is 1. The average Bonchev–Trinajstić information content (AvgIpc) is 3.08. The van der Waals surface area contributed by atoms with E-state index in [1.54, 1.807) is 42.3 Å². The largest absolute Gasteiger partial charge is 0.349 e. The van der Waals surface area contributed by atoms with Gasteiger partial charge in [-0.2, -0.15) is 0 Å². The quantitative estimate of drug-likeness (QED) is 0.797. The van der Waals surface area contributed by atoms with Gasteiger partial charge in [0.05, 0.1) is 11.8 Å². The van der Waals surface area contributed by atoms with Crippen LogP contribution in [0, 0.1) is 5.82 Å². The average molecular weight is 286 g/mol. The molecular weight excluding hydrogens is 271 g/mol. The van der Waals surface area contributed by atoms with Gasteiger partial charge in [-0.25, -0.2) is 9.37 Å². The maximum Gasteiger partial charge on any atom is 0.267 e. The standard InChI is InChI=1S/C15H15FN4O/c1-19-13-4-2-3-12(16)11(13)9-14(19)15(21)18-6-8-20-7-5-17-10-20/h2-5,7,9-10H,6,8H2,1H3,(H,18,21). The lowest BCUT2D eigenvalue weighted by molar-refractivity contribution is 0.0944. The molecule has 3 rings (SSSR count). The first-order valence-electron chi connectivity index (χ1n) is 6.64. The summed E-state index contributed by atoms with van der Waals surface area (Å²) < 4.78 is 17.3. The highest BCUT2D eigenvalue weighted by Gasteiger charge is 2.14. The zero-order valence-electron chi connectivity index (χ0n) is 11.6. The molecule has 0 aliphatic carbocycles. The van der Waals surface area contributed by atoms with Crippen LogP contribution in [0.5, 0.6) is 0 Å². The Morgan fingerprint density at radius 2 is 2.29 bits per heavy atom. The third kappa shape index (κ3) is 2.52. The molecule has 1 N–H and O–H groups in total. The van der Waals surface area contributed by atoms with Crippen LogP contribution in [0.25, 0.3) is 10.9 Å². The predicted octanol–water partition coefficient (Wildman–Crippen LogP) is 1.94. The number of aromatic nitrogens is 3. The molecule has 0 aliphatic rings. The van der Waals surface area contributed by atoms with E-state index in [0.29, 0.717) is 29.7 Å². The van der Waals surface area contributed by atoms with Gasteiger partial charge in [-0.1, -0.05) is 6.07 Å². The number of nitrogens with one attached hydrogen (secondary N) is 1. The van der Waals surface area contributed by atoms with Crippen LogP contribution in [0.15, 0.2) is 43.0 Å². The Balaban J connectivity index is 1.75. The lowest BCUT2D eigenvalue weighted by Crippen LogP contribution is -2.28. The molecule has 0 radical (unpaired) electrons. The van der Waals surface area contributed by atoms with Gasteiger partial charge < -0.3 is 14.5 Å². The summed E-state index contributed by atoms with van der Waals surface area (Å²) in [5.74, 6) is -0.534. The van der Waals surface area contributed by atoms with E-state index in [1.165, 1.54) is 6.07 Å². The molecular formula is C15H15FN4O. The molecule has 5 nitrogen and oxygen atoms in total. The second-order valence-electron chi connectivity index (χ2n) is 4.82. The Hall–Kier alpha value is -2.63. The van der Waals surface area contributed by atoms with E-state index in [-0.39, 0.29) is 11.7 Å². The van der Waals surface area contributed by atoms with Gasteiger partial charge in [-0.3, -0.25) is 4.79 Å². The minimum atomic E-state index is -0.319. The zero-order valence-corrected chi connectivity index (χ0v) is 11.6. The molecule has 0 bridgehead atoms. The fourth-order valence-corrected chi connectivity index (χ4v) is 2.35. The number of carbonyl (C=O) groups is 1. The molecule has 2 heterocycles. The van der Waals surface area contributed by atoms with E-state index in [9.17, 15) is 9.18 Å². The number of aryl methyl sites for hydroxylation is 1. The maximum atomic E-state index is 13.7. The number of nitrogens with zero attached hydrogens (tertiary/aromatic N) is 3. The molecule has 1 amide bonds. The van der Waals surface area contributed by atoms with Crippen LogP contribution in [-0.4, -0.2) is 26.6 Å². The fourth-order valence-electron chi connectivity index (χ4n) is 2.35. The van der Waals surface area contributed by atoms with Crippen molar-refractivity contribution in [1.82, 2.24) is 19.4 Å². The van der Waals surface area contributed by atoms with Crippen molar-refractivity contribution in [3.05, 3.63) is 54.5 Å². The molecule has 108 valence electrons. The molecule has 1 aromatic carbocycles. The van der Waals surface area contributed by atoms with Gasteiger partial charge in [0.15, 0.2) is 0 Å². The van der Waals surface area contributed by atoms with Crippen molar-refractivity contribution in [2.75, 3.05) is 6.54 Å². The Bertz CT molecular complexity index is 776. The smallest absolute Gasteiger partial charge is 0.267 e. The summed E-state index contributed by atoms with van der Waals surface area (Å²) in [5.41, 5.74) is 1.15. The van der Waals surface area contributed by atoms with E-state index in [2.05, 4.69) is 10.3 Å². The van der Waals surface area contributed by atoms with E-state index in [1.807, 2.05) is 10.8 Å². The number of hydrogen-bond acceptors (Lipinski definition) is 2. The van der Waals surface area contributed by atoms with Crippen LogP contribution >= 0.6 is 0 Å². The Morgan fingerprint density at radius 1 is 1.43 bits per heavy atom. The number of benzene rings is 1. The summed E-state index contributed by atoms with van der Waals surface area (Å²) in [4.78, 5) is 16.1. The van der Waals surface area contributed by atoms with Gasteiger partial charge in [0, 0.05) is 37.9 Å². The topological polar surface area (TPSA) is 51.9 Å². The van der Waals surface area contributed by atoms with Crippen molar-refractivity contribution < 1.29 is 9.18 Å². The first-order valence-corrected chi connectivity index (χ1v) is 6.64. The second-order valence-corrected chi connectivity index (χ2v) is 4.82. The Morgan fingerprint density at radius 3 is 3.00 bits per heavy atom. The first-order chi connectivity index (χ1) is 10.2. The van der Waals surface area contributed by atoms with Gasteiger partial charge in [-0.15, -0.1) is 0 Å². The van der Waals surface area contributed by atoms with Crippen LogP contribution < -0.4 is 5.32 Å². The monoisotopic (exact) mass is 286 g/mol. The van der Waals surface area contributed by atoms with Gasteiger partial charge in [0.1, 0.15) is 11.5 Å². The number of halogens is 1. The maximum absolute atomic E-state index is 13.7. The van der Waals surface area contributed by atoms with Crippen LogP contribution in [0.3, 0.4) is 0 Å². The highest BCUT2D eigenvalue weighted by Crippen LogP contribution is 2.21. The van der Waals surface area contributed by atoms with E-state index >= 15 is 0 Å². The fraction of sp³-hybridized carbons (Fsp3) is 0.200. The van der Waals surface area contributed by atoms with Crippen molar-refractivity contribution in [1.29, 1.82) is 0 Å². The van der Waals surface area contributed by atoms with Crippen molar-refractivity contribution in [2.24, 2.45) is 7.05 Å². The summed E-state index contributed by atoms with van der Waals surface area (Å²) in [7, 11) is 1.76. The molecule has 0 spiro atoms. The van der Waals surface area contributed by atoms with Gasteiger partial charge in [0.25, 0.3) is 5.91 Å². The van der Waals surface area contributed by atoms with Crippen LogP contribution in [-0.2, 0) is 13.6 Å². The highest BCUT2D eigenvalue weighted by atomic mass is 19.1. The third-order valence-corrected chi connectivity index (χ3v) is 3.48. The van der Waals surface area contributed by atoms with Crippen molar-refractivity contribution in [3.63, 3.8) is 0 Å². The SMILES string of the molecule is Cn1c(C(=O)NCCn2ccnc2)cc2c(F)cccc21. The minimum absolute atomic E-state index is 0.215. The molecule has 0 atom stereocenters. The molecule has 3 aromatic rings. The summed E-state index contributed by atoms with van der Waals surface area (Å²) in [5, 5.41) is 3.29. The highest BCUT2D eigenvalue weighted by molar-refractivity contribution is 5.98. The normalized spacial score (nSPS) is 11.0. The summed E-state index contributed by atoms with van der Waals surface area (Å²) in [6.07, 6.45) is 5.21. The number of imidazole rings is 1. The Labute approximate surface area is 121 Å². The predicted molar refractivity (Wildman–Crippen MR) is 77.4 cm³/mol. The third-order valence-electron chi connectivity index (χ3n) is 3.48. The number of rotatable bonds is 4. The molecule has 6 heteroatoms. The number of fused-ring (bicyclic) bond motifs is 1.